The average molecular weight is 632 g/mol. The Bertz CT molecular complexity index is 1230. The zero-order valence-electron chi connectivity index (χ0n) is 23.6. The summed E-state index contributed by atoms with van der Waals surface area (Å²) in [5.74, 6) is -0.0578. The lowest BCUT2D eigenvalue weighted by molar-refractivity contribution is 0.0165. The average Bonchev–Trinajstić information content (AvgIpc) is 2.94. The fourth-order valence-electron chi connectivity index (χ4n) is 4.44. The number of nitrogens with one attached hydrogen (secondary N) is 3. The van der Waals surface area contributed by atoms with Gasteiger partial charge in [-0.2, -0.15) is 0 Å². The van der Waals surface area contributed by atoms with Crippen molar-refractivity contribution < 1.29 is 27.4 Å². The molecule has 2 aromatic rings. The number of halogens is 2. The van der Waals surface area contributed by atoms with Crippen LogP contribution in [0.15, 0.2) is 41.3 Å². The second-order valence-corrected chi connectivity index (χ2v) is 12.3. The molecule has 1 unspecified atom stereocenters. The molecule has 0 fully saturated rings. The number of likely N-dealkylation sites (N-methyl/N-ethyl adjacent to an activating group) is 1. The molecular weight excluding hydrogens is 591 g/mol. The minimum absolute atomic E-state index is 0.0578. The number of ether oxygens (including phenoxy) is 3. The number of carbonyl (C=O) groups excluding carboxylic acids is 1. The molecule has 13 heteroatoms. The predicted molar refractivity (Wildman–Crippen MR) is 160 cm³/mol. The van der Waals surface area contributed by atoms with E-state index in [9.17, 15) is 13.2 Å². The summed E-state index contributed by atoms with van der Waals surface area (Å²) in [5.41, 5.74) is 2.91. The molecule has 0 aliphatic carbocycles. The number of nitrogens with zero attached hydrogens (tertiary/aromatic N) is 1. The highest BCUT2D eigenvalue weighted by Crippen LogP contribution is 2.38. The van der Waals surface area contributed by atoms with Gasteiger partial charge in [0.25, 0.3) is 0 Å². The standard InChI is InChI=1S/C28H40Cl2N4O6S/c1-3-7-31-28(35)32-8-10-38-12-14-40-15-13-39-11-9-33-41(36,37)23-6-4-5-21(16-23)25-19-34(2)20-26-24(25)17-22(29)18-27(26)30/h4-6,16-18,25,33H,3,7-15,19-20H2,1-2H3,(H2,31,32,35). The van der Waals surface area contributed by atoms with Crippen LogP contribution in [0.3, 0.4) is 0 Å². The van der Waals surface area contributed by atoms with Crippen LogP contribution in [0.2, 0.25) is 10.0 Å². The van der Waals surface area contributed by atoms with Crippen molar-refractivity contribution in [1.82, 2.24) is 20.3 Å². The maximum atomic E-state index is 13.0. The third kappa shape index (κ3) is 11.0. The topological polar surface area (TPSA) is 118 Å². The molecule has 0 radical (unpaired) electrons. The van der Waals surface area contributed by atoms with Crippen LogP contribution >= 0.6 is 23.2 Å². The van der Waals surface area contributed by atoms with Crippen LogP contribution in [0.5, 0.6) is 0 Å². The summed E-state index contributed by atoms with van der Waals surface area (Å²) in [6.07, 6.45) is 0.886. The van der Waals surface area contributed by atoms with Crippen LogP contribution in [-0.2, 0) is 30.8 Å². The van der Waals surface area contributed by atoms with Gasteiger partial charge in [0.1, 0.15) is 0 Å². The van der Waals surface area contributed by atoms with Gasteiger partial charge in [-0.05, 0) is 54.4 Å². The lowest BCUT2D eigenvalue weighted by atomic mass is 9.85. The Morgan fingerprint density at radius 1 is 0.951 bits per heavy atom. The summed E-state index contributed by atoms with van der Waals surface area (Å²) >= 11 is 12.8. The van der Waals surface area contributed by atoms with Gasteiger partial charge in [-0.15, -0.1) is 0 Å². The molecule has 2 aromatic carbocycles. The van der Waals surface area contributed by atoms with Gasteiger partial charge >= 0.3 is 6.03 Å². The molecule has 41 heavy (non-hydrogen) atoms. The molecule has 0 bridgehead atoms. The number of carbonyl (C=O) groups is 1. The minimum Gasteiger partial charge on any atom is -0.378 e. The predicted octanol–water partition coefficient (Wildman–Crippen LogP) is 3.61. The third-order valence-corrected chi connectivity index (χ3v) is 8.43. The van der Waals surface area contributed by atoms with Gasteiger partial charge in [0, 0.05) is 48.7 Å². The van der Waals surface area contributed by atoms with Gasteiger partial charge in [-0.3, -0.25) is 0 Å². The molecule has 228 valence electrons. The van der Waals surface area contributed by atoms with E-state index in [1.54, 1.807) is 24.3 Å². The Kier molecular flexibility index (Phi) is 14.1. The minimum atomic E-state index is -3.73. The van der Waals surface area contributed by atoms with Gasteiger partial charge in [-0.25, -0.2) is 17.9 Å². The zero-order valence-corrected chi connectivity index (χ0v) is 25.9. The van der Waals surface area contributed by atoms with E-state index in [1.807, 2.05) is 26.1 Å². The van der Waals surface area contributed by atoms with Gasteiger partial charge < -0.3 is 29.7 Å². The Morgan fingerprint density at radius 3 is 2.32 bits per heavy atom. The molecule has 1 atom stereocenters. The van der Waals surface area contributed by atoms with E-state index in [0.29, 0.717) is 62.7 Å². The lowest BCUT2D eigenvalue weighted by Crippen LogP contribution is -2.37. The molecule has 1 heterocycles. The molecule has 0 saturated carbocycles. The Hall–Kier alpha value is -1.96. The van der Waals surface area contributed by atoms with E-state index >= 15 is 0 Å². The summed E-state index contributed by atoms with van der Waals surface area (Å²) in [6.45, 7) is 6.72. The maximum absolute atomic E-state index is 13.0. The molecule has 10 nitrogen and oxygen atoms in total. The lowest BCUT2D eigenvalue weighted by Gasteiger charge is -2.33. The number of benzene rings is 2. The molecule has 0 saturated heterocycles. The van der Waals surface area contributed by atoms with Crippen molar-refractivity contribution in [3.63, 3.8) is 0 Å². The Balaban J connectivity index is 1.35. The first-order chi connectivity index (χ1) is 19.7. The molecule has 0 spiro atoms. The number of sulfonamides is 1. The van der Waals surface area contributed by atoms with Gasteiger partial charge in [-0.1, -0.05) is 42.3 Å². The van der Waals surface area contributed by atoms with Crippen molar-refractivity contribution in [2.24, 2.45) is 0 Å². The van der Waals surface area contributed by atoms with E-state index in [4.69, 9.17) is 37.4 Å². The Labute approximate surface area is 253 Å². The van der Waals surface area contributed by atoms with Gasteiger partial charge in [0.15, 0.2) is 0 Å². The zero-order chi connectivity index (χ0) is 29.7. The summed E-state index contributed by atoms with van der Waals surface area (Å²) in [6, 6.07) is 10.4. The van der Waals surface area contributed by atoms with E-state index in [2.05, 4.69) is 20.3 Å². The molecule has 3 N–H and O–H groups in total. The monoisotopic (exact) mass is 630 g/mol. The first-order valence-electron chi connectivity index (χ1n) is 13.7. The summed E-state index contributed by atoms with van der Waals surface area (Å²) < 4.78 is 44.9. The first-order valence-corrected chi connectivity index (χ1v) is 16.0. The summed E-state index contributed by atoms with van der Waals surface area (Å²) in [5, 5.41) is 6.60. The first kappa shape index (κ1) is 33.5. The molecule has 2 amide bonds. The molecule has 1 aliphatic rings. The molecule has 0 aromatic heterocycles. The molecular formula is C28H40Cl2N4O6S. The highest BCUT2D eigenvalue weighted by molar-refractivity contribution is 7.89. The Morgan fingerprint density at radius 2 is 1.61 bits per heavy atom. The number of fused-ring (bicyclic) bond motifs is 1. The van der Waals surface area contributed by atoms with E-state index < -0.39 is 10.0 Å². The van der Waals surface area contributed by atoms with Crippen LogP contribution in [0.1, 0.15) is 36.0 Å². The number of urea groups is 1. The molecule has 3 rings (SSSR count). The van der Waals surface area contributed by atoms with Crippen LogP contribution in [0.4, 0.5) is 4.79 Å². The smallest absolute Gasteiger partial charge is 0.314 e. The maximum Gasteiger partial charge on any atom is 0.314 e. The van der Waals surface area contributed by atoms with Gasteiger partial charge in [0.2, 0.25) is 10.0 Å². The highest BCUT2D eigenvalue weighted by atomic mass is 35.5. The number of hydrogen-bond donors (Lipinski definition) is 3. The van der Waals surface area contributed by atoms with Crippen molar-refractivity contribution in [3.8, 4) is 0 Å². The van der Waals surface area contributed by atoms with Crippen molar-refractivity contribution in [1.29, 1.82) is 0 Å². The summed E-state index contributed by atoms with van der Waals surface area (Å²) in [4.78, 5) is 13.7. The quantitative estimate of drug-likeness (QED) is 0.229. The molecule has 1 aliphatic heterocycles. The van der Waals surface area contributed by atoms with Crippen LogP contribution in [0, 0.1) is 0 Å². The van der Waals surface area contributed by atoms with Crippen molar-refractivity contribution in [2.45, 2.75) is 30.7 Å². The van der Waals surface area contributed by atoms with Crippen molar-refractivity contribution in [2.75, 3.05) is 72.9 Å². The number of hydrogen-bond acceptors (Lipinski definition) is 7. The van der Waals surface area contributed by atoms with Crippen LogP contribution in [-0.4, -0.2) is 92.2 Å². The van der Waals surface area contributed by atoms with Gasteiger partial charge in [0.05, 0.1) is 44.5 Å². The SMILES string of the molecule is CCCNC(=O)NCCOCCOCCOCCNS(=O)(=O)c1cccc(C2CN(C)Cc3c(Cl)cc(Cl)cc32)c1. The number of rotatable bonds is 17. The number of amides is 2. The van der Waals surface area contributed by atoms with Crippen molar-refractivity contribution in [3.05, 3.63) is 63.1 Å². The third-order valence-electron chi connectivity index (χ3n) is 6.41. The largest absolute Gasteiger partial charge is 0.378 e. The van der Waals surface area contributed by atoms with E-state index in [1.165, 1.54) is 0 Å². The van der Waals surface area contributed by atoms with Crippen LogP contribution < -0.4 is 15.4 Å². The van der Waals surface area contributed by atoms with Crippen LogP contribution in [0.25, 0.3) is 0 Å². The summed E-state index contributed by atoms with van der Waals surface area (Å²) in [7, 11) is -1.71. The second kappa shape index (κ2) is 17.2. The van der Waals surface area contributed by atoms with E-state index in [-0.39, 0.29) is 30.0 Å². The highest BCUT2D eigenvalue weighted by Gasteiger charge is 2.28. The fraction of sp³-hybridized carbons (Fsp3) is 0.536. The second-order valence-electron chi connectivity index (χ2n) is 9.69. The fourth-order valence-corrected chi connectivity index (χ4v) is 6.08. The normalized spacial score (nSPS) is 15.5. The van der Waals surface area contributed by atoms with E-state index in [0.717, 1.165) is 29.7 Å². The van der Waals surface area contributed by atoms with Crippen molar-refractivity contribution >= 4 is 39.3 Å².